The maximum atomic E-state index is 12.8. The summed E-state index contributed by atoms with van der Waals surface area (Å²) in [4.78, 5) is 11.6. The topological polar surface area (TPSA) is 90.9 Å². The fraction of sp³-hybridized carbons (Fsp3) is 0.211. The van der Waals surface area contributed by atoms with E-state index < -0.39 is 20.7 Å². The van der Waals surface area contributed by atoms with E-state index in [0.29, 0.717) is 17.2 Å². The maximum Gasteiger partial charge on any atom is 0.351 e. The first-order valence-electron chi connectivity index (χ1n) is 7.92. The van der Waals surface area contributed by atoms with Crippen molar-refractivity contribution in [1.29, 1.82) is 0 Å². The fourth-order valence-corrected chi connectivity index (χ4v) is 3.53. The number of methoxy groups -OCH3 is 3. The Morgan fingerprint density at radius 2 is 1.59 bits per heavy atom. The SMILES string of the molecule is COC(=O)/C(=C\Nc1ccc(OC)c(OC)c1)S(=O)(=O)c1ccc(C)cc1. The first-order chi connectivity index (χ1) is 12.8. The highest BCUT2D eigenvalue weighted by atomic mass is 32.2. The average Bonchev–Trinajstić information content (AvgIpc) is 2.67. The Labute approximate surface area is 158 Å². The molecule has 27 heavy (non-hydrogen) atoms. The molecule has 0 atom stereocenters. The predicted molar refractivity (Wildman–Crippen MR) is 102 cm³/mol. The van der Waals surface area contributed by atoms with E-state index in [9.17, 15) is 13.2 Å². The van der Waals surface area contributed by atoms with Crippen molar-refractivity contribution in [2.24, 2.45) is 0 Å². The van der Waals surface area contributed by atoms with Gasteiger partial charge in [0, 0.05) is 18.0 Å². The lowest BCUT2D eigenvalue weighted by Gasteiger charge is -2.11. The molecule has 0 amide bonds. The molecule has 2 rings (SSSR count). The van der Waals surface area contributed by atoms with Crippen LogP contribution in [0.2, 0.25) is 0 Å². The van der Waals surface area contributed by atoms with E-state index in [2.05, 4.69) is 10.1 Å². The zero-order chi connectivity index (χ0) is 20.0. The van der Waals surface area contributed by atoms with E-state index in [1.165, 1.54) is 26.4 Å². The number of hydrogen-bond donors (Lipinski definition) is 1. The molecule has 0 heterocycles. The van der Waals surface area contributed by atoms with E-state index >= 15 is 0 Å². The van der Waals surface area contributed by atoms with Crippen LogP contribution in [0.5, 0.6) is 11.5 Å². The zero-order valence-electron chi connectivity index (χ0n) is 15.5. The van der Waals surface area contributed by atoms with Gasteiger partial charge in [-0.3, -0.25) is 0 Å². The summed E-state index contributed by atoms with van der Waals surface area (Å²) in [6.45, 7) is 1.84. The molecule has 8 heteroatoms. The lowest BCUT2D eigenvalue weighted by molar-refractivity contribution is -0.135. The van der Waals surface area contributed by atoms with Crippen LogP contribution in [-0.2, 0) is 19.4 Å². The molecular formula is C19H21NO6S. The molecule has 2 aromatic carbocycles. The average molecular weight is 391 g/mol. The van der Waals surface area contributed by atoms with Gasteiger partial charge in [0.2, 0.25) is 9.84 Å². The number of aryl methyl sites for hydroxylation is 1. The van der Waals surface area contributed by atoms with Gasteiger partial charge in [-0.15, -0.1) is 0 Å². The molecule has 144 valence electrons. The third kappa shape index (κ3) is 4.59. The van der Waals surface area contributed by atoms with E-state index in [1.807, 2.05) is 6.92 Å². The summed E-state index contributed by atoms with van der Waals surface area (Å²) in [5, 5.41) is 2.80. The molecule has 0 bridgehead atoms. The van der Waals surface area contributed by atoms with Crippen molar-refractivity contribution in [3.63, 3.8) is 0 Å². The summed E-state index contributed by atoms with van der Waals surface area (Å²) in [5.74, 6) is 0.00737. The minimum atomic E-state index is -4.06. The molecule has 0 saturated heterocycles. The van der Waals surface area contributed by atoms with Crippen LogP contribution >= 0.6 is 0 Å². The van der Waals surface area contributed by atoms with Gasteiger partial charge in [-0.1, -0.05) is 17.7 Å². The molecule has 0 aliphatic carbocycles. The smallest absolute Gasteiger partial charge is 0.351 e. The summed E-state index contributed by atoms with van der Waals surface area (Å²) in [7, 11) is 0.0562. The van der Waals surface area contributed by atoms with E-state index in [4.69, 9.17) is 9.47 Å². The number of carbonyl (C=O) groups is 1. The number of nitrogens with one attached hydrogen (secondary N) is 1. The van der Waals surface area contributed by atoms with Crippen LogP contribution in [0.25, 0.3) is 0 Å². The van der Waals surface area contributed by atoms with Crippen molar-refractivity contribution in [2.45, 2.75) is 11.8 Å². The third-order valence-corrected chi connectivity index (χ3v) is 5.52. The summed E-state index contributed by atoms with van der Waals surface area (Å²) >= 11 is 0. The van der Waals surface area contributed by atoms with Crippen LogP contribution in [0.3, 0.4) is 0 Å². The first-order valence-corrected chi connectivity index (χ1v) is 9.40. The number of benzene rings is 2. The Morgan fingerprint density at radius 3 is 2.15 bits per heavy atom. The molecule has 2 aromatic rings. The van der Waals surface area contributed by atoms with Gasteiger partial charge >= 0.3 is 5.97 Å². The van der Waals surface area contributed by atoms with Gasteiger partial charge in [0.1, 0.15) is 0 Å². The molecule has 0 spiro atoms. The molecule has 0 aromatic heterocycles. The Balaban J connectivity index is 2.42. The monoisotopic (exact) mass is 391 g/mol. The molecule has 0 saturated carbocycles. The van der Waals surface area contributed by atoms with E-state index in [1.54, 1.807) is 30.3 Å². The largest absolute Gasteiger partial charge is 0.493 e. The molecule has 0 unspecified atom stereocenters. The summed E-state index contributed by atoms with van der Waals surface area (Å²) < 4.78 is 40.7. The minimum Gasteiger partial charge on any atom is -0.493 e. The Morgan fingerprint density at radius 1 is 0.963 bits per heavy atom. The van der Waals surface area contributed by atoms with Crippen LogP contribution in [0.15, 0.2) is 58.5 Å². The van der Waals surface area contributed by atoms with Crippen LogP contribution < -0.4 is 14.8 Å². The van der Waals surface area contributed by atoms with Gasteiger partial charge in [-0.2, -0.15) is 0 Å². The summed E-state index contributed by atoms with van der Waals surface area (Å²) in [6, 6.07) is 11.1. The minimum absolute atomic E-state index is 0.00105. The molecule has 7 nitrogen and oxygen atoms in total. The summed E-state index contributed by atoms with van der Waals surface area (Å²) in [6.07, 6.45) is 1.10. The maximum absolute atomic E-state index is 12.8. The van der Waals surface area contributed by atoms with Crippen molar-refractivity contribution in [3.05, 3.63) is 59.1 Å². The van der Waals surface area contributed by atoms with Gasteiger partial charge in [0.25, 0.3) is 0 Å². The highest BCUT2D eigenvalue weighted by molar-refractivity contribution is 7.96. The zero-order valence-corrected chi connectivity index (χ0v) is 16.3. The number of hydrogen-bond acceptors (Lipinski definition) is 7. The van der Waals surface area contributed by atoms with Crippen molar-refractivity contribution in [1.82, 2.24) is 0 Å². The van der Waals surface area contributed by atoms with E-state index in [0.717, 1.165) is 18.9 Å². The third-order valence-electron chi connectivity index (χ3n) is 3.76. The Kier molecular flexibility index (Phi) is 6.46. The van der Waals surface area contributed by atoms with Crippen LogP contribution in [0.4, 0.5) is 5.69 Å². The van der Waals surface area contributed by atoms with E-state index in [-0.39, 0.29) is 4.90 Å². The number of anilines is 1. The van der Waals surface area contributed by atoms with Crippen molar-refractivity contribution in [2.75, 3.05) is 26.6 Å². The molecular weight excluding hydrogens is 370 g/mol. The predicted octanol–water partition coefficient (Wildman–Crippen LogP) is 2.91. The quantitative estimate of drug-likeness (QED) is 0.573. The summed E-state index contributed by atoms with van der Waals surface area (Å²) in [5.41, 5.74) is 1.41. The Hall–Kier alpha value is -3.00. The highest BCUT2D eigenvalue weighted by Crippen LogP contribution is 2.30. The van der Waals surface area contributed by atoms with Crippen LogP contribution in [0.1, 0.15) is 5.56 Å². The second kappa shape index (κ2) is 8.59. The van der Waals surface area contributed by atoms with Gasteiger partial charge in [0.15, 0.2) is 16.4 Å². The van der Waals surface area contributed by atoms with Crippen molar-refractivity contribution >= 4 is 21.5 Å². The highest BCUT2D eigenvalue weighted by Gasteiger charge is 2.28. The molecule has 1 N–H and O–H groups in total. The number of ether oxygens (including phenoxy) is 3. The second-order valence-electron chi connectivity index (χ2n) is 5.53. The molecule has 0 radical (unpaired) electrons. The van der Waals surface area contributed by atoms with Crippen molar-refractivity contribution < 1.29 is 27.4 Å². The number of rotatable bonds is 7. The first kappa shape index (κ1) is 20.3. The fourth-order valence-electron chi connectivity index (χ4n) is 2.27. The van der Waals surface area contributed by atoms with Crippen LogP contribution in [0, 0.1) is 6.92 Å². The van der Waals surface area contributed by atoms with Crippen LogP contribution in [-0.4, -0.2) is 35.7 Å². The van der Waals surface area contributed by atoms with Gasteiger partial charge in [-0.25, -0.2) is 13.2 Å². The second-order valence-corrected chi connectivity index (χ2v) is 7.45. The number of sulfone groups is 1. The standard InChI is InChI=1S/C19H21NO6S/c1-13-5-8-15(9-6-13)27(22,23)18(19(21)26-4)12-20-14-7-10-16(24-2)17(11-14)25-3/h5-12,20H,1-4H3/b18-12+. The van der Waals surface area contributed by atoms with Gasteiger partial charge < -0.3 is 19.5 Å². The molecule has 0 fully saturated rings. The lowest BCUT2D eigenvalue weighted by atomic mass is 10.2. The van der Waals surface area contributed by atoms with Gasteiger partial charge in [-0.05, 0) is 31.2 Å². The lowest BCUT2D eigenvalue weighted by Crippen LogP contribution is -2.17. The Bertz CT molecular complexity index is 949. The number of esters is 1. The molecule has 0 aliphatic rings. The van der Waals surface area contributed by atoms with Gasteiger partial charge in [0.05, 0.1) is 26.2 Å². The van der Waals surface area contributed by atoms with Crippen molar-refractivity contribution in [3.8, 4) is 11.5 Å². The molecule has 0 aliphatic heterocycles. The normalized spacial score (nSPS) is 11.6. The number of carbonyl (C=O) groups excluding carboxylic acids is 1.